The number of aliphatic hydroxyl groups excluding tert-OH is 1. The molecule has 0 saturated carbocycles. The quantitative estimate of drug-likeness (QED) is 0.648. The van der Waals surface area contributed by atoms with Gasteiger partial charge in [-0.2, -0.15) is 0 Å². The Morgan fingerprint density at radius 3 is 2.47 bits per heavy atom. The van der Waals surface area contributed by atoms with Crippen LogP contribution in [0.15, 0.2) is 48.5 Å². The van der Waals surface area contributed by atoms with Crippen LogP contribution in [0, 0.1) is 0 Å². The molecule has 2 heterocycles. The molecule has 0 unspecified atom stereocenters. The Morgan fingerprint density at radius 1 is 1.16 bits per heavy atom. The van der Waals surface area contributed by atoms with Gasteiger partial charge in [0.25, 0.3) is 11.8 Å². The van der Waals surface area contributed by atoms with Crippen LogP contribution in [-0.4, -0.2) is 58.3 Å². The molecule has 2 atom stereocenters. The lowest BCUT2D eigenvalue weighted by molar-refractivity contribution is -0.130. The van der Waals surface area contributed by atoms with Crippen molar-refractivity contribution >= 4 is 29.9 Å². The highest BCUT2D eigenvalue weighted by Crippen LogP contribution is 2.31. The number of aliphatic hydroxyl groups is 2. The molecule has 2 amide bonds. The van der Waals surface area contributed by atoms with E-state index in [1.54, 1.807) is 24.3 Å². The number of β-amino-alcohol motifs (C(OH)–C–C–N with tert-alkyl or cyclic N) is 1. The highest BCUT2D eigenvalue weighted by Gasteiger charge is 2.47. The average molecular weight is 460 g/mol. The number of likely N-dealkylation sites (tertiary alicyclic amines) is 1. The first-order chi connectivity index (χ1) is 14.8. The van der Waals surface area contributed by atoms with Crippen molar-refractivity contribution in [2.24, 2.45) is 5.73 Å². The van der Waals surface area contributed by atoms with Gasteiger partial charge in [-0.3, -0.25) is 9.59 Å². The Labute approximate surface area is 194 Å². The van der Waals surface area contributed by atoms with Gasteiger partial charge in [0.2, 0.25) is 0 Å². The van der Waals surface area contributed by atoms with E-state index in [-0.39, 0.29) is 24.9 Å². The molecule has 2 fully saturated rings. The molecule has 2 aromatic rings. The van der Waals surface area contributed by atoms with E-state index in [0.717, 1.165) is 18.4 Å². The molecule has 172 valence electrons. The number of anilines is 1. The maximum Gasteiger partial charge on any atom is 0.258 e. The van der Waals surface area contributed by atoms with Crippen LogP contribution in [0.25, 0.3) is 0 Å². The zero-order chi connectivity index (χ0) is 22.2. The summed E-state index contributed by atoms with van der Waals surface area (Å²) >= 11 is 0. The van der Waals surface area contributed by atoms with Crippen LogP contribution in [0.3, 0.4) is 0 Å². The number of hydrogen-bond donors (Lipinski definition) is 3. The summed E-state index contributed by atoms with van der Waals surface area (Å²) in [6.45, 7) is 3.26. The lowest BCUT2D eigenvalue weighted by atomic mass is 9.88. The van der Waals surface area contributed by atoms with Crippen LogP contribution in [0.2, 0.25) is 0 Å². The summed E-state index contributed by atoms with van der Waals surface area (Å²) < 4.78 is 0. The van der Waals surface area contributed by atoms with Gasteiger partial charge < -0.3 is 25.7 Å². The minimum absolute atomic E-state index is 0. The number of halogens is 1. The zero-order valence-corrected chi connectivity index (χ0v) is 18.9. The average Bonchev–Trinajstić information content (AvgIpc) is 3.01. The van der Waals surface area contributed by atoms with Crippen LogP contribution < -0.4 is 10.6 Å². The molecule has 0 aromatic heterocycles. The fourth-order valence-electron chi connectivity index (χ4n) is 4.50. The van der Waals surface area contributed by atoms with E-state index in [2.05, 4.69) is 12.1 Å². The summed E-state index contributed by atoms with van der Waals surface area (Å²) in [5.74, 6) is -0.224. The van der Waals surface area contributed by atoms with Crippen molar-refractivity contribution in [3.63, 3.8) is 0 Å². The van der Waals surface area contributed by atoms with Gasteiger partial charge in [-0.1, -0.05) is 30.3 Å². The Bertz CT molecular complexity index is 989. The monoisotopic (exact) mass is 459 g/mol. The number of carbonyl (C=O) groups is 2. The molecular formula is C24H30ClN3O4. The molecule has 2 saturated heterocycles. The molecule has 4 N–H and O–H groups in total. The van der Waals surface area contributed by atoms with Crippen molar-refractivity contribution in [1.29, 1.82) is 0 Å². The smallest absolute Gasteiger partial charge is 0.258 e. The minimum atomic E-state index is -1.51. The van der Waals surface area contributed by atoms with Crippen molar-refractivity contribution < 1.29 is 19.8 Å². The highest BCUT2D eigenvalue weighted by atomic mass is 35.5. The fourth-order valence-corrected chi connectivity index (χ4v) is 4.50. The summed E-state index contributed by atoms with van der Waals surface area (Å²) in [4.78, 5) is 28.6. The largest absolute Gasteiger partial charge is 0.385 e. The fraction of sp³-hybridized carbons (Fsp3) is 0.417. The van der Waals surface area contributed by atoms with E-state index in [9.17, 15) is 19.8 Å². The lowest BCUT2D eigenvalue weighted by Gasteiger charge is -2.32. The lowest BCUT2D eigenvalue weighted by Crippen LogP contribution is -2.39. The Hall–Kier alpha value is -2.45. The first kappa shape index (κ1) is 24.2. The molecule has 4 rings (SSSR count). The zero-order valence-electron chi connectivity index (χ0n) is 18.1. The second kappa shape index (κ2) is 9.58. The third-order valence-electron chi connectivity index (χ3n) is 6.41. The third-order valence-corrected chi connectivity index (χ3v) is 6.41. The Kier molecular flexibility index (Phi) is 7.25. The molecule has 32 heavy (non-hydrogen) atoms. The summed E-state index contributed by atoms with van der Waals surface area (Å²) in [5, 5.41) is 20.2. The van der Waals surface area contributed by atoms with Crippen LogP contribution in [0.5, 0.6) is 0 Å². The summed E-state index contributed by atoms with van der Waals surface area (Å²) in [6, 6.07) is 15.2. The van der Waals surface area contributed by atoms with E-state index in [1.165, 1.54) is 17.4 Å². The highest BCUT2D eigenvalue weighted by molar-refractivity contribution is 6.02. The van der Waals surface area contributed by atoms with Crippen LogP contribution in [0.1, 0.15) is 47.2 Å². The molecule has 8 heteroatoms. The van der Waals surface area contributed by atoms with Crippen molar-refractivity contribution in [3.05, 3.63) is 65.2 Å². The molecule has 0 aliphatic carbocycles. The third kappa shape index (κ3) is 4.66. The van der Waals surface area contributed by atoms with E-state index < -0.39 is 17.6 Å². The van der Waals surface area contributed by atoms with E-state index >= 15 is 0 Å². The first-order valence-electron chi connectivity index (χ1n) is 10.7. The summed E-state index contributed by atoms with van der Waals surface area (Å²) in [7, 11) is 0. The standard InChI is InChI=1S/C24H29N3O4.ClH/c1-24(31)15-27(23(30)21(24)28)20-7-3-6-19(13-20)22(29)26-10-8-17(9-11-26)18-5-2-4-16(12-18)14-25;/h2-7,12-13,17,21,28,31H,8-11,14-15,25H2,1H3;1H/t21-,24+;/m0./s1. The van der Waals surface area contributed by atoms with Crippen LogP contribution in [-0.2, 0) is 11.3 Å². The van der Waals surface area contributed by atoms with Crippen molar-refractivity contribution in [2.75, 3.05) is 24.5 Å². The maximum atomic E-state index is 13.1. The first-order valence-corrected chi connectivity index (χ1v) is 10.7. The number of rotatable bonds is 4. The molecule has 7 nitrogen and oxygen atoms in total. The Morgan fingerprint density at radius 2 is 1.84 bits per heavy atom. The van der Waals surface area contributed by atoms with Gasteiger partial charge in [-0.05, 0) is 55.0 Å². The second-order valence-electron chi connectivity index (χ2n) is 8.75. The van der Waals surface area contributed by atoms with Gasteiger partial charge in [-0.25, -0.2) is 0 Å². The van der Waals surface area contributed by atoms with Gasteiger partial charge in [-0.15, -0.1) is 12.4 Å². The van der Waals surface area contributed by atoms with Gasteiger partial charge in [0.05, 0.1) is 6.54 Å². The molecule has 2 aliphatic heterocycles. The number of nitrogens with two attached hydrogens (primary N) is 1. The normalized spacial score (nSPS) is 23.9. The second-order valence-corrected chi connectivity index (χ2v) is 8.75. The van der Waals surface area contributed by atoms with Gasteiger partial charge in [0.15, 0.2) is 6.10 Å². The van der Waals surface area contributed by atoms with E-state index in [1.807, 2.05) is 17.0 Å². The Balaban J connectivity index is 0.00000289. The van der Waals surface area contributed by atoms with Crippen molar-refractivity contribution in [3.8, 4) is 0 Å². The van der Waals surface area contributed by atoms with Crippen LogP contribution >= 0.6 is 12.4 Å². The van der Waals surface area contributed by atoms with E-state index in [4.69, 9.17) is 5.73 Å². The summed E-state index contributed by atoms with van der Waals surface area (Å²) in [5.41, 5.74) is 7.63. The number of amides is 2. The number of nitrogens with zero attached hydrogens (tertiary/aromatic N) is 2. The van der Waals surface area contributed by atoms with Crippen molar-refractivity contribution in [2.45, 2.75) is 43.9 Å². The SMILES string of the molecule is C[C@@]1(O)CN(c2cccc(C(=O)N3CCC(c4cccc(CN)c4)CC3)c2)C(=O)[C@@H]1O.Cl. The molecular weight excluding hydrogens is 430 g/mol. The maximum absolute atomic E-state index is 13.1. The molecule has 0 spiro atoms. The minimum Gasteiger partial charge on any atom is -0.385 e. The molecule has 0 bridgehead atoms. The number of hydrogen-bond acceptors (Lipinski definition) is 5. The molecule has 2 aromatic carbocycles. The van der Waals surface area contributed by atoms with Gasteiger partial charge in [0, 0.05) is 30.9 Å². The predicted molar refractivity (Wildman–Crippen MR) is 125 cm³/mol. The predicted octanol–water partition coefficient (Wildman–Crippen LogP) is 2.05. The number of piperidine rings is 1. The van der Waals surface area contributed by atoms with Gasteiger partial charge in [0.1, 0.15) is 5.60 Å². The molecule has 0 radical (unpaired) electrons. The van der Waals surface area contributed by atoms with Gasteiger partial charge >= 0.3 is 0 Å². The molecule has 2 aliphatic rings. The number of carbonyl (C=O) groups excluding carboxylic acids is 2. The number of benzene rings is 2. The summed E-state index contributed by atoms with van der Waals surface area (Å²) in [6.07, 6.45) is 0.307. The van der Waals surface area contributed by atoms with E-state index in [0.29, 0.717) is 36.8 Å². The van der Waals surface area contributed by atoms with Crippen LogP contribution in [0.4, 0.5) is 5.69 Å². The van der Waals surface area contributed by atoms with Crippen molar-refractivity contribution in [1.82, 2.24) is 4.90 Å². The topological polar surface area (TPSA) is 107 Å².